The van der Waals surface area contributed by atoms with E-state index in [0.717, 1.165) is 28.8 Å². The van der Waals surface area contributed by atoms with Crippen molar-refractivity contribution >= 4 is 23.2 Å². The van der Waals surface area contributed by atoms with Gasteiger partial charge in [0, 0.05) is 22.9 Å². The van der Waals surface area contributed by atoms with Gasteiger partial charge in [0.25, 0.3) is 5.91 Å². The van der Waals surface area contributed by atoms with Crippen LogP contribution >= 0.6 is 0 Å². The summed E-state index contributed by atoms with van der Waals surface area (Å²) in [6.07, 6.45) is 2.40. The molecular formula is C31H25F2NO2. The van der Waals surface area contributed by atoms with Gasteiger partial charge >= 0.3 is 6.61 Å². The quantitative estimate of drug-likeness (QED) is 0.211. The molecule has 0 saturated heterocycles. The van der Waals surface area contributed by atoms with E-state index in [9.17, 15) is 13.6 Å². The van der Waals surface area contributed by atoms with Crippen molar-refractivity contribution in [3.05, 3.63) is 120 Å². The van der Waals surface area contributed by atoms with Crippen molar-refractivity contribution in [2.45, 2.75) is 26.0 Å². The van der Waals surface area contributed by atoms with Gasteiger partial charge in [0.1, 0.15) is 5.75 Å². The third-order valence-corrected chi connectivity index (χ3v) is 6.39. The van der Waals surface area contributed by atoms with E-state index in [2.05, 4.69) is 0 Å². The Kier molecular flexibility index (Phi) is 6.63. The number of rotatable bonds is 6. The van der Waals surface area contributed by atoms with Crippen LogP contribution in [-0.2, 0) is 11.2 Å². The zero-order chi connectivity index (χ0) is 25.1. The van der Waals surface area contributed by atoms with Crippen molar-refractivity contribution in [1.82, 2.24) is 0 Å². The van der Waals surface area contributed by atoms with Gasteiger partial charge in [0.15, 0.2) is 0 Å². The number of fused-ring (bicyclic) bond motifs is 1. The normalized spacial score (nSPS) is 15.2. The van der Waals surface area contributed by atoms with Gasteiger partial charge in [-0.3, -0.25) is 4.79 Å². The van der Waals surface area contributed by atoms with Crippen LogP contribution in [0.25, 0.3) is 22.8 Å². The molecule has 0 saturated carbocycles. The molecule has 1 heterocycles. The first-order valence-corrected chi connectivity index (χ1v) is 11.8. The van der Waals surface area contributed by atoms with Crippen LogP contribution in [0.1, 0.15) is 23.6 Å². The van der Waals surface area contributed by atoms with Crippen LogP contribution in [0, 0.1) is 0 Å². The summed E-state index contributed by atoms with van der Waals surface area (Å²) in [6, 6.07) is 32.0. The van der Waals surface area contributed by atoms with E-state index in [1.54, 1.807) is 29.2 Å². The maximum Gasteiger partial charge on any atom is 0.387 e. The molecule has 0 fully saturated rings. The van der Waals surface area contributed by atoms with Gasteiger partial charge in [0.05, 0.1) is 0 Å². The molecule has 4 aromatic carbocycles. The first-order chi connectivity index (χ1) is 17.5. The summed E-state index contributed by atoms with van der Waals surface area (Å²) in [5.74, 6) is -0.166. The number of amides is 1. The van der Waals surface area contributed by atoms with E-state index in [1.165, 1.54) is 6.07 Å². The van der Waals surface area contributed by atoms with Gasteiger partial charge in [-0.1, -0.05) is 91.0 Å². The average molecular weight is 482 g/mol. The maximum absolute atomic E-state index is 14.1. The lowest BCUT2D eigenvalue weighted by atomic mass is 9.97. The Morgan fingerprint density at radius 3 is 2.25 bits per heavy atom. The number of para-hydroxylation sites is 2. The first-order valence-electron chi connectivity index (χ1n) is 11.8. The molecule has 0 bridgehead atoms. The standard InChI is InChI=1S/C31H25F2NO2/c1-21-19-25-11-5-7-13-28(25)34(21)30(35)27(20-26-12-6-8-14-29(26)36-31(32)33)24-17-15-23(16-18-24)22-9-3-2-4-10-22/h2-18,20-21,31H,19H2,1H3/b27-20+/t21-/m1/s1. The zero-order valence-corrected chi connectivity index (χ0v) is 19.8. The molecule has 5 rings (SSSR count). The highest BCUT2D eigenvalue weighted by Gasteiger charge is 2.32. The fraction of sp³-hybridized carbons (Fsp3) is 0.129. The Balaban J connectivity index is 1.60. The Labute approximate surface area is 209 Å². The van der Waals surface area contributed by atoms with E-state index < -0.39 is 6.61 Å². The highest BCUT2D eigenvalue weighted by Crippen LogP contribution is 2.36. The number of benzene rings is 4. The van der Waals surface area contributed by atoms with Gasteiger partial charge in [0.2, 0.25) is 0 Å². The molecule has 1 atom stereocenters. The fourth-order valence-electron chi connectivity index (χ4n) is 4.70. The molecule has 36 heavy (non-hydrogen) atoms. The fourth-order valence-corrected chi connectivity index (χ4v) is 4.70. The van der Waals surface area contributed by atoms with Crippen molar-refractivity contribution in [3.63, 3.8) is 0 Å². The summed E-state index contributed by atoms with van der Waals surface area (Å²) in [5, 5.41) is 0. The summed E-state index contributed by atoms with van der Waals surface area (Å²) in [4.78, 5) is 15.9. The molecule has 3 nitrogen and oxygen atoms in total. The second-order valence-electron chi connectivity index (χ2n) is 8.77. The van der Waals surface area contributed by atoms with Gasteiger partial charge in [-0.05, 0) is 53.8 Å². The van der Waals surface area contributed by atoms with Crippen molar-refractivity contribution in [2.75, 3.05) is 4.90 Å². The van der Waals surface area contributed by atoms with Crippen molar-refractivity contribution in [3.8, 4) is 16.9 Å². The zero-order valence-electron chi connectivity index (χ0n) is 19.8. The molecule has 0 aliphatic carbocycles. The Hall–Kier alpha value is -4.25. The lowest BCUT2D eigenvalue weighted by Crippen LogP contribution is -2.36. The highest BCUT2D eigenvalue weighted by atomic mass is 19.3. The van der Waals surface area contributed by atoms with Crippen LogP contribution in [0.3, 0.4) is 0 Å². The molecule has 4 aromatic rings. The van der Waals surface area contributed by atoms with Crippen LogP contribution in [0.5, 0.6) is 5.75 Å². The number of ether oxygens (including phenoxy) is 1. The smallest absolute Gasteiger partial charge is 0.387 e. The number of hydrogen-bond acceptors (Lipinski definition) is 2. The number of hydrogen-bond donors (Lipinski definition) is 0. The number of alkyl halides is 2. The van der Waals surface area contributed by atoms with Gasteiger partial charge in [-0.15, -0.1) is 0 Å². The molecule has 0 N–H and O–H groups in total. The molecule has 0 aromatic heterocycles. The molecule has 180 valence electrons. The van der Waals surface area contributed by atoms with Crippen LogP contribution in [0.4, 0.5) is 14.5 Å². The highest BCUT2D eigenvalue weighted by molar-refractivity contribution is 6.30. The maximum atomic E-state index is 14.1. The van der Waals surface area contributed by atoms with E-state index in [0.29, 0.717) is 16.7 Å². The van der Waals surface area contributed by atoms with E-state index in [4.69, 9.17) is 4.74 Å². The molecule has 0 unspecified atom stereocenters. The molecule has 0 spiro atoms. The van der Waals surface area contributed by atoms with Crippen molar-refractivity contribution in [1.29, 1.82) is 0 Å². The van der Waals surface area contributed by atoms with E-state index >= 15 is 0 Å². The second-order valence-corrected chi connectivity index (χ2v) is 8.77. The number of anilines is 1. The number of nitrogens with zero attached hydrogens (tertiary/aromatic N) is 1. The van der Waals surface area contributed by atoms with Crippen LogP contribution in [-0.4, -0.2) is 18.6 Å². The monoisotopic (exact) mass is 481 g/mol. The minimum atomic E-state index is -2.96. The molecule has 5 heteroatoms. The molecular weight excluding hydrogens is 456 g/mol. The molecule has 1 amide bonds. The number of carbonyl (C=O) groups excluding carboxylic acids is 1. The summed E-state index contributed by atoms with van der Waals surface area (Å²) in [6.45, 7) is -0.948. The third-order valence-electron chi connectivity index (χ3n) is 6.39. The molecule has 1 aliphatic rings. The molecule has 0 radical (unpaired) electrons. The largest absolute Gasteiger partial charge is 0.434 e. The van der Waals surface area contributed by atoms with Gasteiger partial charge in [-0.2, -0.15) is 8.78 Å². The molecule has 1 aliphatic heterocycles. The predicted octanol–water partition coefficient (Wildman–Crippen LogP) is 7.47. The Bertz CT molecular complexity index is 1400. The number of carbonyl (C=O) groups is 1. The lowest BCUT2D eigenvalue weighted by Gasteiger charge is -2.24. The summed E-state index contributed by atoms with van der Waals surface area (Å²) in [7, 11) is 0. The van der Waals surface area contributed by atoms with Crippen molar-refractivity contribution in [2.24, 2.45) is 0 Å². The SMILES string of the molecule is C[C@@H]1Cc2ccccc2N1C(=O)/C(=C/c1ccccc1OC(F)F)c1ccc(-c2ccccc2)cc1. The predicted molar refractivity (Wildman–Crippen MR) is 140 cm³/mol. The summed E-state index contributed by atoms with van der Waals surface area (Å²) < 4.78 is 30.9. The third kappa shape index (κ3) is 4.78. The first kappa shape index (κ1) is 23.5. The van der Waals surface area contributed by atoms with E-state index in [1.807, 2.05) is 85.8 Å². The van der Waals surface area contributed by atoms with Crippen LogP contribution in [0.15, 0.2) is 103 Å². The lowest BCUT2D eigenvalue weighted by molar-refractivity contribution is -0.113. The van der Waals surface area contributed by atoms with Gasteiger partial charge < -0.3 is 9.64 Å². The Morgan fingerprint density at radius 1 is 0.861 bits per heavy atom. The van der Waals surface area contributed by atoms with Gasteiger partial charge in [-0.25, -0.2) is 0 Å². The Morgan fingerprint density at radius 2 is 1.50 bits per heavy atom. The number of halogens is 2. The minimum absolute atomic E-state index is 0.0218. The topological polar surface area (TPSA) is 29.5 Å². The van der Waals surface area contributed by atoms with E-state index in [-0.39, 0.29) is 17.7 Å². The van der Waals surface area contributed by atoms with Crippen molar-refractivity contribution < 1.29 is 18.3 Å². The minimum Gasteiger partial charge on any atom is -0.434 e. The van der Waals surface area contributed by atoms with Crippen LogP contribution < -0.4 is 9.64 Å². The van der Waals surface area contributed by atoms with Crippen LogP contribution in [0.2, 0.25) is 0 Å². The average Bonchev–Trinajstić information content (AvgIpc) is 3.24. The second kappa shape index (κ2) is 10.2. The summed E-state index contributed by atoms with van der Waals surface area (Å²) in [5.41, 5.74) is 5.59. The summed E-state index contributed by atoms with van der Waals surface area (Å²) >= 11 is 0.